The summed E-state index contributed by atoms with van der Waals surface area (Å²) in [4.78, 5) is 25.8. The zero-order valence-corrected chi connectivity index (χ0v) is 14.1. The van der Waals surface area contributed by atoms with Crippen LogP contribution in [0.2, 0.25) is 0 Å². The Morgan fingerprint density at radius 2 is 1.30 bits per heavy atom. The maximum absolute atomic E-state index is 12.3. The Kier molecular flexibility index (Phi) is 3.18. The minimum absolute atomic E-state index is 0.124. The summed E-state index contributed by atoms with van der Waals surface area (Å²) in [5.74, 6) is -3.68. The first kappa shape index (κ1) is 15.5. The van der Waals surface area contributed by atoms with Crippen LogP contribution in [0.5, 0.6) is 0 Å². The zero-order valence-electron chi connectivity index (χ0n) is 9.59. The monoisotopic (exact) mass is 397 g/mol. The lowest BCUT2D eigenvalue weighted by Gasteiger charge is -2.34. The molecular formula is C10H5Cl6NO3. The number of hydrogen-bond acceptors (Lipinski definition) is 3. The third kappa shape index (κ3) is 1.22. The first-order valence-corrected chi connectivity index (χ1v) is 7.59. The van der Waals surface area contributed by atoms with Crippen LogP contribution in [-0.4, -0.2) is 38.1 Å². The van der Waals surface area contributed by atoms with Gasteiger partial charge in [0.25, 0.3) is 11.8 Å². The second-order valence-corrected chi connectivity index (χ2v) is 8.01. The highest BCUT2D eigenvalue weighted by Gasteiger charge is 2.87. The number of nitrogens with zero attached hydrogens (tertiary/aromatic N) is 1. The molecule has 2 amide bonds. The van der Waals surface area contributed by atoms with E-state index in [1.165, 1.54) is 7.11 Å². The highest BCUT2D eigenvalue weighted by Crippen LogP contribution is 2.77. The average molecular weight is 400 g/mol. The Morgan fingerprint density at radius 3 is 1.60 bits per heavy atom. The lowest BCUT2D eigenvalue weighted by molar-refractivity contribution is -0.182. The number of imide groups is 1. The van der Waals surface area contributed by atoms with Gasteiger partial charge < -0.3 is 0 Å². The molecule has 2 aliphatic carbocycles. The van der Waals surface area contributed by atoms with Gasteiger partial charge in [0.1, 0.15) is 9.75 Å². The third-order valence-electron chi connectivity index (χ3n) is 4.05. The number of hydrogen-bond donors (Lipinski definition) is 0. The van der Waals surface area contributed by atoms with Crippen molar-refractivity contribution < 1.29 is 14.4 Å². The number of alkyl halides is 4. The van der Waals surface area contributed by atoms with Crippen molar-refractivity contribution in [1.29, 1.82) is 0 Å². The van der Waals surface area contributed by atoms with Crippen LogP contribution in [0.15, 0.2) is 10.1 Å². The van der Waals surface area contributed by atoms with Crippen LogP contribution in [0.3, 0.4) is 0 Å². The van der Waals surface area contributed by atoms with Crippen LogP contribution in [-0.2, 0) is 14.4 Å². The smallest absolute Gasteiger partial charge is 0.259 e. The van der Waals surface area contributed by atoms with Gasteiger partial charge in [-0.25, -0.2) is 0 Å². The fourth-order valence-corrected chi connectivity index (χ4v) is 6.08. The van der Waals surface area contributed by atoms with E-state index in [9.17, 15) is 9.59 Å². The van der Waals surface area contributed by atoms with Gasteiger partial charge in [-0.05, 0) is 0 Å². The molecule has 1 saturated heterocycles. The lowest BCUT2D eigenvalue weighted by atomic mass is 9.84. The lowest BCUT2D eigenvalue weighted by Crippen LogP contribution is -2.49. The number of fused-ring (bicyclic) bond motifs is 5. The number of amides is 2. The van der Waals surface area contributed by atoms with Crippen molar-refractivity contribution in [3.8, 4) is 0 Å². The summed E-state index contributed by atoms with van der Waals surface area (Å²) in [5.41, 5.74) is 0. The molecule has 0 radical (unpaired) electrons. The Bertz CT molecular complexity index is 546. The SMILES string of the molecule is CON1C(=O)[C@@H]2[C@H](C1=O)[C@@]1(Cl)C(Cl)=C(Cl)[C@@]2(Cl)C1(Cl)Cl. The molecule has 0 aromatic heterocycles. The van der Waals surface area contributed by atoms with Gasteiger partial charge in [-0.1, -0.05) is 46.4 Å². The van der Waals surface area contributed by atoms with Gasteiger partial charge >= 0.3 is 0 Å². The Morgan fingerprint density at radius 1 is 0.950 bits per heavy atom. The van der Waals surface area contributed by atoms with E-state index < -0.39 is 37.7 Å². The van der Waals surface area contributed by atoms with Crippen LogP contribution in [0.4, 0.5) is 0 Å². The van der Waals surface area contributed by atoms with Crippen molar-refractivity contribution >= 4 is 81.4 Å². The van der Waals surface area contributed by atoms with Crippen LogP contribution in [0.25, 0.3) is 0 Å². The molecule has 0 aromatic rings. The molecular weight excluding hydrogens is 395 g/mol. The van der Waals surface area contributed by atoms with E-state index in [1.807, 2.05) is 0 Å². The molecule has 3 rings (SSSR count). The van der Waals surface area contributed by atoms with E-state index in [-0.39, 0.29) is 10.1 Å². The largest absolute Gasteiger partial charge is 0.272 e. The summed E-state index contributed by atoms with van der Waals surface area (Å²) >= 11 is 37.5. The molecule has 10 heteroatoms. The fourth-order valence-electron chi connectivity index (χ4n) is 3.15. The predicted octanol–water partition coefficient (Wildman–Crippen LogP) is 2.99. The summed E-state index contributed by atoms with van der Waals surface area (Å²) < 4.78 is -1.90. The molecule has 1 saturated carbocycles. The van der Waals surface area contributed by atoms with Crippen LogP contribution in [0.1, 0.15) is 0 Å². The maximum atomic E-state index is 12.3. The summed E-state index contributed by atoms with van der Waals surface area (Å²) in [6.45, 7) is 0. The molecule has 1 aliphatic heterocycles. The van der Waals surface area contributed by atoms with Gasteiger partial charge in [0.15, 0.2) is 4.33 Å². The fraction of sp³-hybridized carbons (Fsp3) is 0.600. The van der Waals surface area contributed by atoms with E-state index >= 15 is 0 Å². The molecule has 0 aromatic carbocycles. The van der Waals surface area contributed by atoms with Crippen LogP contribution >= 0.6 is 69.6 Å². The summed E-state index contributed by atoms with van der Waals surface area (Å²) in [7, 11) is 1.17. The van der Waals surface area contributed by atoms with E-state index in [1.54, 1.807) is 0 Å². The van der Waals surface area contributed by atoms with Gasteiger partial charge in [0.05, 0.1) is 29.0 Å². The Balaban J connectivity index is 2.31. The summed E-state index contributed by atoms with van der Waals surface area (Å²) in [5, 5.41) is 0.328. The minimum Gasteiger partial charge on any atom is -0.272 e. The standard InChI is InChI=1S/C10H5Cl6NO3/c1-20-17-6(18)2-3(7(17)19)9(14)5(12)4(11)8(2,13)10(9,15)16/h2-3H,1H3/t2-,3+,8-,9-/m1/s1. The van der Waals surface area contributed by atoms with Crippen molar-refractivity contribution in [3.63, 3.8) is 0 Å². The van der Waals surface area contributed by atoms with E-state index in [4.69, 9.17) is 74.4 Å². The van der Waals surface area contributed by atoms with Crippen LogP contribution < -0.4 is 0 Å². The Hall–Kier alpha value is 0.580. The quantitative estimate of drug-likeness (QED) is 0.503. The first-order chi connectivity index (χ1) is 9.08. The molecule has 0 unspecified atom stereocenters. The minimum atomic E-state index is -1.90. The van der Waals surface area contributed by atoms with Crippen molar-refractivity contribution in [3.05, 3.63) is 10.1 Å². The van der Waals surface area contributed by atoms with E-state index in [0.29, 0.717) is 5.06 Å². The topological polar surface area (TPSA) is 46.6 Å². The van der Waals surface area contributed by atoms with Gasteiger partial charge in [0, 0.05) is 0 Å². The average Bonchev–Trinajstić information content (AvgIpc) is 2.75. The highest BCUT2D eigenvalue weighted by atomic mass is 35.5. The molecule has 2 bridgehead atoms. The van der Waals surface area contributed by atoms with Gasteiger partial charge in [-0.3, -0.25) is 14.4 Å². The molecule has 4 nitrogen and oxygen atoms in total. The molecule has 20 heavy (non-hydrogen) atoms. The van der Waals surface area contributed by atoms with E-state index in [0.717, 1.165) is 0 Å². The van der Waals surface area contributed by atoms with Gasteiger partial charge in [-0.2, -0.15) is 5.06 Å². The second kappa shape index (κ2) is 4.10. The van der Waals surface area contributed by atoms with Crippen molar-refractivity contribution in [2.24, 2.45) is 11.8 Å². The predicted molar refractivity (Wildman–Crippen MR) is 76.2 cm³/mol. The third-order valence-corrected chi connectivity index (χ3v) is 8.31. The summed E-state index contributed by atoms with van der Waals surface area (Å²) in [6.07, 6.45) is 0. The van der Waals surface area contributed by atoms with Crippen LogP contribution in [0, 0.1) is 11.8 Å². The van der Waals surface area contributed by atoms with Crippen molar-refractivity contribution in [2.45, 2.75) is 14.1 Å². The molecule has 110 valence electrons. The summed E-state index contributed by atoms with van der Waals surface area (Å²) in [6, 6.07) is 0. The number of allylic oxidation sites excluding steroid dienone is 2. The van der Waals surface area contributed by atoms with Gasteiger partial charge in [-0.15, -0.1) is 23.2 Å². The number of halogens is 6. The zero-order chi connectivity index (χ0) is 15.2. The number of carbonyl (C=O) groups is 2. The maximum Gasteiger partial charge on any atom is 0.259 e. The molecule has 3 aliphatic rings. The van der Waals surface area contributed by atoms with Crippen molar-refractivity contribution in [1.82, 2.24) is 5.06 Å². The van der Waals surface area contributed by atoms with Crippen molar-refractivity contribution in [2.75, 3.05) is 7.11 Å². The number of rotatable bonds is 1. The number of carbonyl (C=O) groups excluding carboxylic acids is 2. The first-order valence-electron chi connectivity index (χ1n) is 5.32. The highest BCUT2D eigenvalue weighted by molar-refractivity contribution is 6.66. The molecule has 1 heterocycles. The number of hydroxylamine groups is 2. The van der Waals surface area contributed by atoms with E-state index in [2.05, 4.69) is 0 Å². The molecule has 0 N–H and O–H groups in total. The van der Waals surface area contributed by atoms with Gasteiger partial charge in [0.2, 0.25) is 0 Å². The molecule has 4 atom stereocenters. The second-order valence-electron chi connectivity index (χ2n) is 4.73. The normalized spacial score (nSPS) is 45.6. The molecule has 2 fully saturated rings. The molecule has 0 spiro atoms. The Labute approximate surface area is 143 Å².